The summed E-state index contributed by atoms with van der Waals surface area (Å²) < 4.78 is 0. The molecule has 2 rings (SSSR count). The quantitative estimate of drug-likeness (QED) is 0.220. The van der Waals surface area contributed by atoms with Gasteiger partial charge >= 0.3 is 0 Å². The SMILES string of the molecule is CC[C@H](C)[C@H](NC(C)=O)C(=O)N[C@H](C[C@H](O)[C@H](Cc1ccccc1)NC(=O)[C@@H](NC(C)=O)C(C)C)C1CCCCC1. The Morgan fingerprint density at radius 3 is 1.93 bits per heavy atom. The van der Waals surface area contributed by atoms with Gasteiger partial charge in [-0.3, -0.25) is 19.2 Å². The van der Waals surface area contributed by atoms with Crippen LogP contribution in [0, 0.1) is 17.8 Å². The van der Waals surface area contributed by atoms with Crippen molar-refractivity contribution in [3.05, 3.63) is 35.9 Å². The summed E-state index contributed by atoms with van der Waals surface area (Å²) >= 11 is 0. The molecule has 41 heavy (non-hydrogen) atoms. The van der Waals surface area contributed by atoms with Gasteiger partial charge in [0.2, 0.25) is 23.6 Å². The van der Waals surface area contributed by atoms with E-state index < -0.39 is 24.2 Å². The van der Waals surface area contributed by atoms with E-state index in [9.17, 15) is 24.3 Å². The first-order valence-corrected chi connectivity index (χ1v) is 15.3. The number of carbonyl (C=O) groups excluding carboxylic acids is 4. The first-order valence-electron chi connectivity index (χ1n) is 15.3. The van der Waals surface area contributed by atoms with Gasteiger partial charge in [0.15, 0.2) is 0 Å². The van der Waals surface area contributed by atoms with E-state index in [1.165, 1.54) is 13.8 Å². The van der Waals surface area contributed by atoms with Crippen molar-refractivity contribution in [1.82, 2.24) is 21.3 Å². The average molecular weight is 573 g/mol. The number of amides is 4. The molecule has 9 heteroatoms. The Morgan fingerprint density at radius 1 is 0.829 bits per heavy atom. The van der Waals surface area contributed by atoms with Gasteiger partial charge in [-0.05, 0) is 49.0 Å². The van der Waals surface area contributed by atoms with Crippen LogP contribution >= 0.6 is 0 Å². The van der Waals surface area contributed by atoms with Gasteiger partial charge in [-0.15, -0.1) is 0 Å². The smallest absolute Gasteiger partial charge is 0.243 e. The summed E-state index contributed by atoms with van der Waals surface area (Å²) in [5.41, 5.74) is 0.957. The highest BCUT2D eigenvalue weighted by Gasteiger charge is 2.35. The minimum Gasteiger partial charge on any atom is -0.391 e. The van der Waals surface area contributed by atoms with Crippen molar-refractivity contribution in [2.24, 2.45) is 17.8 Å². The molecule has 1 aromatic rings. The van der Waals surface area contributed by atoms with Crippen LogP contribution in [0.2, 0.25) is 0 Å². The molecule has 0 spiro atoms. The van der Waals surface area contributed by atoms with Crippen LogP contribution in [0.1, 0.15) is 92.1 Å². The summed E-state index contributed by atoms with van der Waals surface area (Å²) in [6, 6.07) is 7.29. The molecule has 5 N–H and O–H groups in total. The van der Waals surface area contributed by atoms with Crippen molar-refractivity contribution in [2.45, 2.75) is 123 Å². The minimum atomic E-state index is -0.959. The lowest BCUT2D eigenvalue weighted by molar-refractivity contribution is -0.131. The molecule has 1 saturated carbocycles. The van der Waals surface area contributed by atoms with Crippen molar-refractivity contribution in [2.75, 3.05) is 0 Å². The minimum absolute atomic E-state index is 0.0531. The van der Waals surface area contributed by atoms with Crippen molar-refractivity contribution in [1.29, 1.82) is 0 Å². The Labute approximate surface area is 246 Å². The van der Waals surface area contributed by atoms with E-state index in [0.29, 0.717) is 6.42 Å². The topological polar surface area (TPSA) is 137 Å². The molecule has 230 valence electrons. The monoisotopic (exact) mass is 572 g/mol. The number of hydrogen-bond acceptors (Lipinski definition) is 5. The van der Waals surface area contributed by atoms with Gasteiger partial charge in [-0.1, -0.05) is 83.7 Å². The van der Waals surface area contributed by atoms with Crippen LogP contribution in [-0.4, -0.2) is 59.0 Å². The lowest BCUT2D eigenvalue weighted by Gasteiger charge is -2.36. The number of hydrogen-bond donors (Lipinski definition) is 5. The van der Waals surface area contributed by atoms with Gasteiger partial charge in [0.25, 0.3) is 0 Å². The van der Waals surface area contributed by atoms with Crippen LogP contribution in [0.3, 0.4) is 0 Å². The molecule has 0 aromatic heterocycles. The van der Waals surface area contributed by atoms with E-state index in [-0.39, 0.29) is 53.8 Å². The number of aliphatic hydroxyl groups is 1. The summed E-state index contributed by atoms with van der Waals surface area (Å²) in [6.45, 7) is 10.4. The number of nitrogens with one attached hydrogen (secondary N) is 4. The predicted octanol–water partition coefficient (Wildman–Crippen LogP) is 3.24. The standard InChI is InChI=1S/C32H52N4O5/c1-7-21(4)30(34-23(6)38)32(41)35-26(25-16-12-9-13-17-25)19-28(39)27(18-24-14-10-8-11-15-24)36-31(40)29(20(2)3)33-22(5)37/h8,10-11,14-15,20-21,25-30,39H,7,9,12-13,16-19H2,1-6H3,(H,33,37)(H,34,38)(H,35,41)(H,36,40)/t21-,26+,27-,28-,29-,30-/m0/s1. The second kappa shape index (κ2) is 17.1. The van der Waals surface area contributed by atoms with E-state index in [1.54, 1.807) is 0 Å². The summed E-state index contributed by atoms with van der Waals surface area (Å²) in [5.74, 6) is -1.16. The fourth-order valence-corrected chi connectivity index (χ4v) is 5.70. The lowest BCUT2D eigenvalue weighted by atomic mass is 9.80. The Morgan fingerprint density at radius 2 is 1.39 bits per heavy atom. The van der Waals surface area contributed by atoms with Crippen LogP contribution < -0.4 is 21.3 Å². The molecule has 1 aliphatic rings. The second-order valence-electron chi connectivity index (χ2n) is 12.1. The molecule has 6 atom stereocenters. The zero-order valence-electron chi connectivity index (χ0n) is 25.7. The van der Waals surface area contributed by atoms with E-state index in [0.717, 1.165) is 44.1 Å². The van der Waals surface area contributed by atoms with Crippen molar-refractivity contribution in [3.63, 3.8) is 0 Å². The third kappa shape index (κ3) is 11.5. The molecule has 4 amide bonds. The number of benzene rings is 1. The Hall–Kier alpha value is -2.94. The van der Waals surface area contributed by atoms with E-state index in [2.05, 4.69) is 21.3 Å². The maximum atomic E-state index is 13.5. The van der Waals surface area contributed by atoms with Gasteiger partial charge in [-0.25, -0.2) is 0 Å². The van der Waals surface area contributed by atoms with Crippen molar-refractivity contribution >= 4 is 23.6 Å². The zero-order valence-corrected chi connectivity index (χ0v) is 25.7. The van der Waals surface area contributed by atoms with Crippen LogP contribution in [-0.2, 0) is 25.6 Å². The van der Waals surface area contributed by atoms with Crippen LogP contribution in [0.4, 0.5) is 0 Å². The highest BCUT2D eigenvalue weighted by molar-refractivity contribution is 5.88. The number of carbonyl (C=O) groups is 4. The third-order valence-electron chi connectivity index (χ3n) is 8.29. The maximum absolute atomic E-state index is 13.5. The van der Waals surface area contributed by atoms with E-state index >= 15 is 0 Å². The van der Waals surface area contributed by atoms with Crippen LogP contribution in [0.15, 0.2) is 30.3 Å². The molecule has 0 saturated heterocycles. The highest BCUT2D eigenvalue weighted by atomic mass is 16.3. The number of aliphatic hydroxyl groups excluding tert-OH is 1. The summed E-state index contributed by atoms with van der Waals surface area (Å²) in [5, 5.41) is 23.4. The van der Waals surface area contributed by atoms with Crippen LogP contribution in [0.25, 0.3) is 0 Å². The average Bonchev–Trinajstić information content (AvgIpc) is 2.94. The van der Waals surface area contributed by atoms with Gasteiger partial charge < -0.3 is 26.4 Å². The summed E-state index contributed by atoms with van der Waals surface area (Å²) in [7, 11) is 0. The summed E-state index contributed by atoms with van der Waals surface area (Å²) in [4.78, 5) is 50.5. The maximum Gasteiger partial charge on any atom is 0.243 e. The molecule has 1 fully saturated rings. The molecular formula is C32H52N4O5. The van der Waals surface area contributed by atoms with Crippen molar-refractivity contribution < 1.29 is 24.3 Å². The molecule has 0 aliphatic heterocycles. The Bertz CT molecular complexity index is 980. The van der Waals surface area contributed by atoms with Gasteiger partial charge in [0, 0.05) is 19.9 Å². The Balaban J connectivity index is 2.32. The highest BCUT2D eigenvalue weighted by Crippen LogP contribution is 2.29. The number of rotatable bonds is 15. The van der Waals surface area contributed by atoms with E-state index in [1.807, 2.05) is 58.0 Å². The lowest BCUT2D eigenvalue weighted by Crippen LogP contribution is -2.57. The van der Waals surface area contributed by atoms with Gasteiger partial charge in [0.05, 0.1) is 12.1 Å². The second-order valence-corrected chi connectivity index (χ2v) is 12.1. The molecule has 0 bridgehead atoms. The van der Waals surface area contributed by atoms with E-state index in [4.69, 9.17) is 0 Å². The van der Waals surface area contributed by atoms with Gasteiger partial charge in [0.1, 0.15) is 12.1 Å². The molecule has 1 aliphatic carbocycles. The molecule has 9 nitrogen and oxygen atoms in total. The zero-order chi connectivity index (χ0) is 30.5. The molecule has 0 radical (unpaired) electrons. The Kier molecular flexibility index (Phi) is 14.3. The first-order chi connectivity index (χ1) is 19.4. The normalized spacial score (nSPS) is 18.3. The largest absolute Gasteiger partial charge is 0.391 e. The first kappa shape index (κ1) is 34.3. The fourth-order valence-electron chi connectivity index (χ4n) is 5.70. The molecular weight excluding hydrogens is 520 g/mol. The summed E-state index contributed by atoms with van der Waals surface area (Å²) in [6.07, 6.45) is 5.58. The third-order valence-corrected chi connectivity index (χ3v) is 8.29. The van der Waals surface area contributed by atoms with Crippen LogP contribution in [0.5, 0.6) is 0 Å². The molecule has 0 heterocycles. The van der Waals surface area contributed by atoms with Crippen molar-refractivity contribution in [3.8, 4) is 0 Å². The predicted molar refractivity (Wildman–Crippen MR) is 161 cm³/mol. The van der Waals surface area contributed by atoms with Gasteiger partial charge in [-0.2, -0.15) is 0 Å². The molecule has 1 aromatic carbocycles. The fraction of sp³-hybridized carbons (Fsp3) is 0.688. The molecule has 0 unspecified atom stereocenters.